The second-order valence-corrected chi connectivity index (χ2v) is 3.43. The van der Waals surface area contributed by atoms with E-state index in [1.54, 1.807) is 0 Å². The van der Waals surface area contributed by atoms with Crippen molar-refractivity contribution in [1.82, 2.24) is 0 Å². The number of aliphatic hydroxyl groups excluding tert-OH is 1. The van der Waals surface area contributed by atoms with E-state index in [1.807, 2.05) is 32.9 Å². The fraction of sp³-hybridized carbons (Fsp3) is 0.455. The molecule has 0 aliphatic carbocycles. The molecule has 0 amide bonds. The number of hydrogen-bond donors (Lipinski definition) is 1. The lowest BCUT2D eigenvalue weighted by Crippen LogP contribution is -2.16. The highest BCUT2D eigenvalue weighted by Crippen LogP contribution is 2.17. The molecule has 0 saturated heterocycles. The number of ether oxygens (including phenoxy) is 1. The summed E-state index contributed by atoms with van der Waals surface area (Å²) in [4.78, 5) is 0. The van der Waals surface area contributed by atoms with Gasteiger partial charge in [-0.05, 0) is 44.0 Å². The Morgan fingerprint density at radius 2 is 1.77 bits per heavy atom. The molecule has 0 heterocycles. The lowest BCUT2D eigenvalue weighted by atomic mass is 10.1. The quantitative estimate of drug-likeness (QED) is 0.771. The average molecular weight is 180 g/mol. The molecule has 0 bridgehead atoms. The van der Waals surface area contributed by atoms with E-state index in [0.717, 1.165) is 5.75 Å². The molecule has 0 aliphatic rings. The highest BCUT2D eigenvalue weighted by atomic mass is 16.5. The first-order chi connectivity index (χ1) is 6.11. The first kappa shape index (κ1) is 10.1. The van der Waals surface area contributed by atoms with E-state index in [1.165, 1.54) is 11.1 Å². The van der Waals surface area contributed by atoms with Gasteiger partial charge in [-0.25, -0.2) is 0 Å². The molecule has 0 radical (unpaired) electrons. The van der Waals surface area contributed by atoms with Crippen LogP contribution in [0.25, 0.3) is 0 Å². The third-order valence-corrected chi connectivity index (χ3v) is 1.79. The molecular formula is C11H16O2. The Morgan fingerprint density at radius 1 is 1.23 bits per heavy atom. The smallest absolute Gasteiger partial charge is 0.120 e. The van der Waals surface area contributed by atoms with Crippen LogP contribution in [0.1, 0.15) is 18.1 Å². The molecule has 0 aromatic heterocycles. The van der Waals surface area contributed by atoms with Crippen molar-refractivity contribution in [1.29, 1.82) is 0 Å². The van der Waals surface area contributed by atoms with Crippen molar-refractivity contribution in [2.75, 3.05) is 6.61 Å². The summed E-state index contributed by atoms with van der Waals surface area (Å²) in [6.07, 6.45) is -0.138. The second kappa shape index (κ2) is 4.28. The first-order valence-electron chi connectivity index (χ1n) is 4.47. The summed E-state index contributed by atoms with van der Waals surface area (Å²) in [5.41, 5.74) is 2.36. The molecule has 13 heavy (non-hydrogen) atoms. The van der Waals surface area contributed by atoms with Gasteiger partial charge in [0.15, 0.2) is 0 Å². The molecule has 2 nitrogen and oxygen atoms in total. The fourth-order valence-corrected chi connectivity index (χ4v) is 1.27. The van der Waals surface area contributed by atoms with Gasteiger partial charge in [-0.15, -0.1) is 0 Å². The maximum Gasteiger partial charge on any atom is 0.120 e. The largest absolute Gasteiger partial charge is 0.488 e. The predicted octanol–water partition coefficient (Wildman–Crippen LogP) is 2.06. The minimum absolute atomic E-state index is 0.0486. The zero-order chi connectivity index (χ0) is 9.84. The van der Waals surface area contributed by atoms with Crippen LogP contribution in [0.15, 0.2) is 18.2 Å². The Kier molecular flexibility index (Phi) is 3.32. The van der Waals surface area contributed by atoms with Crippen LogP contribution >= 0.6 is 0 Å². The molecule has 1 N–H and O–H groups in total. The Bertz CT molecular complexity index is 261. The van der Waals surface area contributed by atoms with Crippen molar-refractivity contribution in [3.8, 4) is 5.75 Å². The molecule has 1 unspecified atom stereocenters. The van der Waals surface area contributed by atoms with Gasteiger partial charge in [-0.1, -0.05) is 6.07 Å². The summed E-state index contributed by atoms with van der Waals surface area (Å²) in [5, 5.41) is 8.81. The summed E-state index contributed by atoms with van der Waals surface area (Å²) < 4.78 is 5.48. The van der Waals surface area contributed by atoms with E-state index in [4.69, 9.17) is 9.84 Å². The van der Waals surface area contributed by atoms with E-state index < -0.39 is 0 Å². The summed E-state index contributed by atoms with van der Waals surface area (Å²) in [6.45, 7) is 5.96. The summed E-state index contributed by atoms with van der Waals surface area (Å²) in [5.74, 6) is 0.832. The number of aryl methyl sites for hydroxylation is 2. The fourth-order valence-electron chi connectivity index (χ4n) is 1.27. The van der Waals surface area contributed by atoms with Crippen molar-refractivity contribution in [2.45, 2.75) is 26.9 Å². The second-order valence-electron chi connectivity index (χ2n) is 3.43. The maximum atomic E-state index is 8.81. The minimum atomic E-state index is -0.138. The zero-order valence-corrected chi connectivity index (χ0v) is 8.37. The SMILES string of the molecule is Cc1cc(C)cc(OC(C)CO)c1. The Balaban J connectivity index is 2.77. The van der Waals surface area contributed by atoms with Crippen LogP contribution in [-0.2, 0) is 0 Å². The summed E-state index contributed by atoms with van der Waals surface area (Å²) >= 11 is 0. The van der Waals surface area contributed by atoms with Gasteiger partial charge in [0.05, 0.1) is 6.61 Å². The molecular weight excluding hydrogens is 164 g/mol. The van der Waals surface area contributed by atoms with Gasteiger partial charge in [0.2, 0.25) is 0 Å². The molecule has 0 aliphatic heterocycles. The van der Waals surface area contributed by atoms with Gasteiger partial charge in [0.25, 0.3) is 0 Å². The minimum Gasteiger partial charge on any atom is -0.488 e. The Hall–Kier alpha value is -1.02. The van der Waals surface area contributed by atoms with E-state index in [0.29, 0.717) is 0 Å². The topological polar surface area (TPSA) is 29.5 Å². The number of hydrogen-bond acceptors (Lipinski definition) is 2. The van der Waals surface area contributed by atoms with Crippen molar-refractivity contribution in [3.05, 3.63) is 29.3 Å². The van der Waals surface area contributed by atoms with Crippen LogP contribution in [0.3, 0.4) is 0 Å². The molecule has 1 aromatic carbocycles. The van der Waals surface area contributed by atoms with E-state index >= 15 is 0 Å². The third kappa shape index (κ3) is 3.07. The predicted molar refractivity (Wildman–Crippen MR) is 53.1 cm³/mol. The third-order valence-electron chi connectivity index (χ3n) is 1.79. The average Bonchev–Trinajstić information content (AvgIpc) is 2.02. The van der Waals surface area contributed by atoms with E-state index in [9.17, 15) is 0 Å². The number of aliphatic hydroxyl groups is 1. The van der Waals surface area contributed by atoms with Crippen LogP contribution in [0, 0.1) is 13.8 Å². The van der Waals surface area contributed by atoms with Crippen LogP contribution < -0.4 is 4.74 Å². The van der Waals surface area contributed by atoms with Gasteiger partial charge < -0.3 is 9.84 Å². The van der Waals surface area contributed by atoms with Gasteiger partial charge in [0, 0.05) is 0 Å². The number of benzene rings is 1. The molecule has 72 valence electrons. The Labute approximate surface area is 79.2 Å². The zero-order valence-electron chi connectivity index (χ0n) is 8.37. The molecule has 0 spiro atoms. The van der Waals surface area contributed by atoms with E-state index in [2.05, 4.69) is 6.07 Å². The normalized spacial score (nSPS) is 12.6. The van der Waals surface area contributed by atoms with Crippen LogP contribution in [0.5, 0.6) is 5.75 Å². The maximum absolute atomic E-state index is 8.81. The van der Waals surface area contributed by atoms with Gasteiger partial charge >= 0.3 is 0 Å². The molecule has 2 heteroatoms. The van der Waals surface area contributed by atoms with Gasteiger partial charge in [0.1, 0.15) is 11.9 Å². The van der Waals surface area contributed by atoms with Gasteiger partial charge in [-0.3, -0.25) is 0 Å². The van der Waals surface area contributed by atoms with Crippen LogP contribution in [0.4, 0.5) is 0 Å². The summed E-state index contributed by atoms with van der Waals surface area (Å²) in [6, 6.07) is 6.04. The Morgan fingerprint density at radius 3 is 2.23 bits per heavy atom. The highest BCUT2D eigenvalue weighted by Gasteiger charge is 2.02. The first-order valence-corrected chi connectivity index (χ1v) is 4.47. The molecule has 0 fully saturated rings. The van der Waals surface area contributed by atoms with Crippen molar-refractivity contribution in [2.24, 2.45) is 0 Å². The van der Waals surface area contributed by atoms with Crippen LogP contribution in [-0.4, -0.2) is 17.8 Å². The van der Waals surface area contributed by atoms with Gasteiger partial charge in [-0.2, -0.15) is 0 Å². The summed E-state index contributed by atoms with van der Waals surface area (Å²) in [7, 11) is 0. The highest BCUT2D eigenvalue weighted by molar-refractivity contribution is 5.33. The number of rotatable bonds is 3. The van der Waals surface area contributed by atoms with Crippen molar-refractivity contribution < 1.29 is 9.84 Å². The molecule has 1 atom stereocenters. The van der Waals surface area contributed by atoms with Crippen LogP contribution in [0.2, 0.25) is 0 Å². The molecule has 0 saturated carbocycles. The monoisotopic (exact) mass is 180 g/mol. The molecule has 1 aromatic rings. The van der Waals surface area contributed by atoms with Crippen molar-refractivity contribution in [3.63, 3.8) is 0 Å². The lowest BCUT2D eigenvalue weighted by molar-refractivity contribution is 0.129. The molecule has 1 rings (SSSR count). The standard InChI is InChI=1S/C11H16O2/c1-8-4-9(2)6-11(5-8)13-10(3)7-12/h4-6,10,12H,7H2,1-3H3. The lowest BCUT2D eigenvalue weighted by Gasteiger charge is -2.12. The van der Waals surface area contributed by atoms with Crippen molar-refractivity contribution >= 4 is 0 Å². The van der Waals surface area contributed by atoms with E-state index in [-0.39, 0.29) is 12.7 Å².